The van der Waals surface area contributed by atoms with E-state index in [1.54, 1.807) is 50.8 Å². The summed E-state index contributed by atoms with van der Waals surface area (Å²) in [5.41, 5.74) is 0.199. The summed E-state index contributed by atoms with van der Waals surface area (Å²) >= 11 is 0. The molecule has 0 heterocycles. The van der Waals surface area contributed by atoms with Crippen LogP contribution in [-0.2, 0) is 5.60 Å². The molecular weight excluding hydrogens is 366 g/mol. The van der Waals surface area contributed by atoms with Crippen LogP contribution in [-0.4, -0.2) is 36.7 Å². The second kappa shape index (κ2) is 8.80. The van der Waals surface area contributed by atoms with Crippen molar-refractivity contribution in [2.45, 2.75) is 18.6 Å². The highest BCUT2D eigenvalue weighted by atomic mass is 16.5. The molecule has 0 spiro atoms. The Morgan fingerprint density at radius 1 is 0.828 bits per heavy atom. The van der Waals surface area contributed by atoms with E-state index >= 15 is 0 Å². The quantitative estimate of drug-likeness (QED) is 0.594. The average Bonchev–Trinajstić information content (AvgIpc) is 2.77. The van der Waals surface area contributed by atoms with Crippen LogP contribution < -0.4 is 9.47 Å². The molecule has 0 aliphatic carbocycles. The van der Waals surface area contributed by atoms with Crippen molar-refractivity contribution in [1.29, 1.82) is 0 Å². The van der Waals surface area contributed by atoms with Gasteiger partial charge in [0.1, 0.15) is 22.8 Å². The molecule has 3 aromatic rings. The number of aliphatic hydroxyl groups is 1. The Labute approximate surface area is 170 Å². The molecule has 0 saturated carbocycles. The summed E-state index contributed by atoms with van der Waals surface area (Å²) in [5, 5.41) is 22.1. The number of aliphatic imine (C=N–C) groups is 1. The predicted molar refractivity (Wildman–Crippen MR) is 114 cm³/mol. The molecule has 0 aliphatic heterocycles. The van der Waals surface area contributed by atoms with E-state index < -0.39 is 11.6 Å². The van der Waals surface area contributed by atoms with Gasteiger partial charge < -0.3 is 19.7 Å². The number of aromatic hydroxyl groups is 1. The number of phenols is 1. The monoisotopic (exact) mass is 391 g/mol. The first kappa shape index (κ1) is 20.4. The number of phenolic OH excluding ortho intramolecular Hbond substituents is 1. The van der Waals surface area contributed by atoms with Crippen molar-refractivity contribution in [1.82, 2.24) is 0 Å². The Bertz CT molecular complexity index is 952. The van der Waals surface area contributed by atoms with Crippen molar-refractivity contribution in [2.24, 2.45) is 4.99 Å². The van der Waals surface area contributed by atoms with Crippen molar-refractivity contribution in [2.75, 3.05) is 14.2 Å². The Morgan fingerprint density at radius 2 is 1.31 bits per heavy atom. The number of hydrogen-bond donors (Lipinski definition) is 2. The fraction of sp³-hybridized carbons (Fsp3) is 0.208. The van der Waals surface area contributed by atoms with Crippen LogP contribution in [0, 0.1) is 0 Å². The van der Waals surface area contributed by atoms with Crippen molar-refractivity contribution >= 4 is 6.21 Å². The van der Waals surface area contributed by atoms with Crippen LogP contribution in [0.15, 0.2) is 77.8 Å². The van der Waals surface area contributed by atoms with Crippen LogP contribution in [0.2, 0.25) is 0 Å². The third-order valence-electron chi connectivity index (χ3n) is 5.01. The van der Waals surface area contributed by atoms with Gasteiger partial charge in [-0.1, -0.05) is 48.5 Å². The minimum Gasteiger partial charge on any atom is -0.507 e. The lowest BCUT2D eigenvalue weighted by atomic mass is 9.80. The lowest BCUT2D eigenvalue weighted by Crippen LogP contribution is -2.38. The Hall–Kier alpha value is -3.31. The molecule has 0 amide bonds. The maximum atomic E-state index is 12.1. The Balaban J connectivity index is 2.16. The van der Waals surface area contributed by atoms with Crippen LogP contribution in [0.1, 0.15) is 23.6 Å². The maximum Gasteiger partial charge on any atom is 0.144 e. The van der Waals surface area contributed by atoms with Gasteiger partial charge in [0.05, 0.1) is 20.3 Å². The number of para-hydroxylation sites is 3. The van der Waals surface area contributed by atoms with E-state index in [0.717, 1.165) is 0 Å². The summed E-state index contributed by atoms with van der Waals surface area (Å²) in [5.74, 6) is 1.22. The first-order chi connectivity index (χ1) is 14.0. The summed E-state index contributed by atoms with van der Waals surface area (Å²) in [4.78, 5) is 4.58. The predicted octanol–water partition coefficient (Wildman–Crippen LogP) is 4.15. The van der Waals surface area contributed by atoms with Crippen molar-refractivity contribution in [3.05, 3.63) is 89.5 Å². The lowest BCUT2D eigenvalue weighted by molar-refractivity contribution is 0.0538. The molecule has 150 valence electrons. The van der Waals surface area contributed by atoms with Gasteiger partial charge in [0, 0.05) is 22.9 Å². The van der Waals surface area contributed by atoms with E-state index in [1.807, 2.05) is 49.4 Å². The van der Waals surface area contributed by atoms with E-state index in [9.17, 15) is 10.2 Å². The standard InChI is InChI=1S/C24H25NO4/c1-17(25-16-18-10-4-7-13-21(18)26)24(27,19-11-5-8-14-22(19)28-2)20-12-6-9-15-23(20)29-3/h4-17,26-27H,1-3H3/t17-/m0/s1. The number of ether oxygens (including phenoxy) is 2. The highest BCUT2D eigenvalue weighted by Gasteiger charge is 2.42. The van der Waals surface area contributed by atoms with Gasteiger partial charge in [-0.25, -0.2) is 0 Å². The Kier molecular flexibility index (Phi) is 6.20. The van der Waals surface area contributed by atoms with Crippen LogP contribution in [0.5, 0.6) is 17.2 Å². The molecule has 0 aromatic heterocycles. The fourth-order valence-electron chi connectivity index (χ4n) is 3.41. The second-order valence-corrected chi connectivity index (χ2v) is 6.68. The van der Waals surface area contributed by atoms with Gasteiger partial charge in [0.15, 0.2) is 0 Å². The zero-order valence-corrected chi connectivity index (χ0v) is 16.7. The molecule has 0 fully saturated rings. The third-order valence-corrected chi connectivity index (χ3v) is 5.01. The van der Waals surface area contributed by atoms with Crippen molar-refractivity contribution < 1.29 is 19.7 Å². The highest BCUT2D eigenvalue weighted by molar-refractivity contribution is 5.83. The van der Waals surface area contributed by atoms with E-state index in [0.29, 0.717) is 28.2 Å². The molecule has 0 saturated heterocycles. The zero-order valence-electron chi connectivity index (χ0n) is 16.7. The molecule has 5 nitrogen and oxygen atoms in total. The molecular formula is C24H25NO4. The molecule has 0 bridgehead atoms. The molecule has 1 atom stereocenters. The highest BCUT2D eigenvalue weighted by Crippen LogP contribution is 2.43. The zero-order chi connectivity index (χ0) is 20.9. The van der Waals surface area contributed by atoms with Gasteiger partial charge in [-0.15, -0.1) is 0 Å². The van der Waals surface area contributed by atoms with Gasteiger partial charge in [-0.2, -0.15) is 0 Å². The molecule has 29 heavy (non-hydrogen) atoms. The van der Waals surface area contributed by atoms with Crippen LogP contribution in [0.3, 0.4) is 0 Å². The first-order valence-corrected chi connectivity index (χ1v) is 9.33. The van der Waals surface area contributed by atoms with E-state index in [4.69, 9.17) is 9.47 Å². The normalized spacial score (nSPS) is 12.7. The summed E-state index contributed by atoms with van der Waals surface area (Å²) < 4.78 is 11.1. The topological polar surface area (TPSA) is 71.3 Å². The largest absolute Gasteiger partial charge is 0.507 e. The van der Waals surface area contributed by atoms with Crippen LogP contribution >= 0.6 is 0 Å². The average molecular weight is 391 g/mol. The van der Waals surface area contributed by atoms with E-state index in [-0.39, 0.29) is 5.75 Å². The number of methoxy groups -OCH3 is 2. The number of hydrogen-bond acceptors (Lipinski definition) is 5. The summed E-state index contributed by atoms with van der Waals surface area (Å²) in [6, 6.07) is 20.9. The number of rotatable bonds is 7. The Morgan fingerprint density at radius 3 is 1.83 bits per heavy atom. The second-order valence-electron chi connectivity index (χ2n) is 6.68. The summed E-state index contributed by atoms with van der Waals surface area (Å²) in [6.45, 7) is 1.81. The molecule has 5 heteroatoms. The molecule has 0 unspecified atom stereocenters. The van der Waals surface area contributed by atoms with Crippen molar-refractivity contribution in [3.63, 3.8) is 0 Å². The van der Waals surface area contributed by atoms with E-state index in [1.165, 1.54) is 0 Å². The number of benzene rings is 3. The maximum absolute atomic E-state index is 12.1. The minimum absolute atomic E-state index is 0.126. The minimum atomic E-state index is -1.53. The van der Waals surface area contributed by atoms with E-state index in [2.05, 4.69) is 4.99 Å². The molecule has 0 radical (unpaired) electrons. The summed E-state index contributed by atoms with van der Waals surface area (Å²) in [6.07, 6.45) is 1.57. The van der Waals surface area contributed by atoms with Gasteiger partial charge in [0.25, 0.3) is 0 Å². The number of nitrogens with zero attached hydrogens (tertiary/aromatic N) is 1. The van der Waals surface area contributed by atoms with Gasteiger partial charge >= 0.3 is 0 Å². The third kappa shape index (κ3) is 3.96. The molecule has 3 rings (SSSR count). The first-order valence-electron chi connectivity index (χ1n) is 9.33. The fourth-order valence-corrected chi connectivity index (χ4v) is 3.41. The lowest BCUT2D eigenvalue weighted by Gasteiger charge is -2.35. The van der Waals surface area contributed by atoms with Gasteiger partial charge in [-0.3, -0.25) is 4.99 Å². The van der Waals surface area contributed by atoms with Crippen LogP contribution in [0.4, 0.5) is 0 Å². The molecule has 0 aliphatic rings. The summed E-state index contributed by atoms with van der Waals surface area (Å²) in [7, 11) is 3.13. The van der Waals surface area contributed by atoms with Gasteiger partial charge in [-0.05, 0) is 31.2 Å². The molecule has 3 aromatic carbocycles. The van der Waals surface area contributed by atoms with Gasteiger partial charge in [0.2, 0.25) is 0 Å². The van der Waals surface area contributed by atoms with Crippen LogP contribution in [0.25, 0.3) is 0 Å². The molecule has 2 N–H and O–H groups in total. The smallest absolute Gasteiger partial charge is 0.144 e. The SMILES string of the molecule is COc1ccccc1C(O)(c1ccccc1OC)[C@H](C)N=Cc1ccccc1O. The van der Waals surface area contributed by atoms with Crippen molar-refractivity contribution in [3.8, 4) is 17.2 Å².